The fraction of sp³-hybridized carbons (Fsp3) is 0.714. The van der Waals surface area contributed by atoms with Crippen LogP contribution < -0.4 is 5.32 Å². The number of unbranched alkanes of at least 4 members (excludes halogenated alkanes) is 1. The fourth-order valence-corrected chi connectivity index (χ4v) is 3.87. The van der Waals surface area contributed by atoms with E-state index in [1.54, 1.807) is 0 Å². The molecule has 0 bridgehead atoms. The van der Waals surface area contributed by atoms with Crippen molar-refractivity contribution in [1.82, 2.24) is 14.9 Å². The van der Waals surface area contributed by atoms with Gasteiger partial charge in [-0.3, -0.25) is 4.99 Å². The van der Waals surface area contributed by atoms with Gasteiger partial charge >= 0.3 is 0 Å². The Balaban J connectivity index is 1.37. The largest absolute Gasteiger partial charge is 0.381 e. The molecule has 6 heteroatoms. The van der Waals surface area contributed by atoms with Crippen LogP contribution in [-0.4, -0.2) is 45.8 Å². The highest BCUT2D eigenvalue weighted by Gasteiger charge is 2.38. The van der Waals surface area contributed by atoms with Gasteiger partial charge in [-0.25, -0.2) is 4.98 Å². The van der Waals surface area contributed by atoms with Crippen molar-refractivity contribution in [3.8, 4) is 0 Å². The first-order valence-corrected chi connectivity index (χ1v) is 8.34. The minimum atomic E-state index is 0.262. The van der Waals surface area contributed by atoms with Crippen molar-refractivity contribution < 1.29 is 4.74 Å². The van der Waals surface area contributed by atoms with Gasteiger partial charge in [0.25, 0.3) is 0 Å². The Bertz CT molecular complexity index is 440. The molecular formula is C14H22N4OS. The number of amidine groups is 1. The zero-order valence-electron chi connectivity index (χ0n) is 11.8. The molecule has 0 aliphatic carbocycles. The van der Waals surface area contributed by atoms with Crippen LogP contribution in [0.3, 0.4) is 0 Å². The Morgan fingerprint density at radius 1 is 1.40 bits per heavy atom. The number of thioether (sulfide) groups is 1. The van der Waals surface area contributed by atoms with Crippen LogP contribution in [0.1, 0.15) is 25.7 Å². The molecule has 1 N–H and O–H groups in total. The molecule has 1 spiro atoms. The van der Waals surface area contributed by atoms with E-state index in [9.17, 15) is 0 Å². The lowest BCUT2D eigenvalue weighted by Crippen LogP contribution is -2.48. The minimum Gasteiger partial charge on any atom is -0.381 e. The third-order valence-corrected chi connectivity index (χ3v) is 5.15. The molecule has 3 rings (SSSR count). The molecule has 0 amide bonds. The molecule has 2 aliphatic heterocycles. The maximum absolute atomic E-state index is 5.44. The van der Waals surface area contributed by atoms with Crippen molar-refractivity contribution in [1.29, 1.82) is 0 Å². The topological polar surface area (TPSA) is 51.4 Å². The molecule has 0 saturated carbocycles. The molecule has 1 aromatic heterocycles. The van der Waals surface area contributed by atoms with Gasteiger partial charge in [0.2, 0.25) is 0 Å². The lowest BCUT2D eigenvalue weighted by atomic mass is 9.93. The van der Waals surface area contributed by atoms with Gasteiger partial charge in [0, 0.05) is 44.4 Å². The van der Waals surface area contributed by atoms with Crippen molar-refractivity contribution in [2.75, 3.05) is 25.5 Å². The third kappa shape index (κ3) is 3.55. The van der Waals surface area contributed by atoms with Gasteiger partial charge in [-0.15, -0.1) is 0 Å². The SMILES string of the molecule is c1cn(CCCCN=C2NC3(CCOCC3)CS2)cn1. The van der Waals surface area contributed by atoms with Crippen molar-refractivity contribution in [2.45, 2.75) is 37.8 Å². The van der Waals surface area contributed by atoms with E-state index in [0.29, 0.717) is 0 Å². The second kappa shape index (κ2) is 6.63. The van der Waals surface area contributed by atoms with Crippen LogP contribution in [0.25, 0.3) is 0 Å². The summed E-state index contributed by atoms with van der Waals surface area (Å²) in [5, 5.41) is 4.76. The summed E-state index contributed by atoms with van der Waals surface area (Å²) < 4.78 is 7.56. The number of nitrogens with one attached hydrogen (secondary N) is 1. The molecule has 0 aromatic carbocycles. The highest BCUT2D eigenvalue weighted by Crippen LogP contribution is 2.31. The molecule has 0 atom stereocenters. The monoisotopic (exact) mass is 294 g/mol. The maximum Gasteiger partial charge on any atom is 0.157 e. The summed E-state index contributed by atoms with van der Waals surface area (Å²) in [6.45, 7) is 3.71. The highest BCUT2D eigenvalue weighted by molar-refractivity contribution is 8.14. The molecular weight excluding hydrogens is 272 g/mol. The number of rotatable bonds is 5. The number of hydrogen-bond donors (Lipinski definition) is 1. The van der Waals surface area contributed by atoms with Crippen molar-refractivity contribution in [3.05, 3.63) is 18.7 Å². The first-order valence-electron chi connectivity index (χ1n) is 7.35. The standard InChI is InChI=1S/C14H22N4OS/c1(2-7-18-8-6-15-12-18)5-16-13-17-14(11-20-13)3-9-19-10-4-14/h6,8,12H,1-5,7,9-11H2,(H,16,17). The molecule has 1 aromatic rings. The van der Waals surface area contributed by atoms with E-state index in [1.165, 1.54) is 0 Å². The lowest BCUT2D eigenvalue weighted by Gasteiger charge is -2.32. The summed E-state index contributed by atoms with van der Waals surface area (Å²) >= 11 is 1.87. The fourth-order valence-electron chi connectivity index (χ4n) is 2.63. The Morgan fingerprint density at radius 2 is 2.30 bits per heavy atom. The Morgan fingerprint density at radius 3 is 3.10 bits per heavy atom. The van der Waals surface area contributed by atoms with Crippen LogP contribution in [0, 0.1) is 0 Å². The van der Waals surface area contributed by atoms with E-state index in [4.69, 9.17) is 9.73 Å². The summed E-state index contributed by atoms with van der Waals surface area (Å²) in [6, 6.07) is 0. The van der Waals surface area contributed by atoms with Crippen molar-refractivity contribution in [2.24, 2.45) is 4.99 Å². The number of hydrogen-bond acceptors (Lipinski definition) is 4. The van der Waals surface area contributed by atoms with Gasteiger partial charge in [0.05, 0.1) is 11.9 Å². The first-order chi connectivity index (χ1) is 9.86. The predicted molar refractivity (Wildman–Crippen MR) is 82.1 cm³/mol. The zero-order valence-corrected chi connectivity index (χ0v) is 12.6. The van der Waals surface area contributed by atoms with Gasteiger partial charge in [0.1, 0.15) is 0 Å². The summed E-state index contributed by atoms with van der Waals surface area (Å²) in [5.74, 6) is 1.14. The number of nitrogens with zero attached hydrogens (tertiary/aromatic N) is 3. The number of aryl methyl sites for hydroxylation is 1. The normalized spacial score (nSPS) is 23.3. The molecule has 110 valence electrons. The van der Waals surface area contributed by atoms with Gasteiger partial charge in [-0.2, -0.15) is 0 Å². The second-order valence-corrected chi connectivity index (χ2v) is 6.46. The molecule has 20 heavy (non-hydrogen) atoms. The van der Waals surface area contributed by atoms with Crippen LogP contribution in [0.5, 0.6) is 0 Å². The van der Waals surface area contributed by atoms with E-state index < -0.39 is 0 Å². The van der Waals surface area contributed by atoms with Crippen LogP contribution in [0.15, 0.2) is 23.7 Å². The Kier molecular flexibility index (Phi) is 4.62. The summed E-state index contributed by atoms with van der Waals surface area (Å²) in [7, 11) is 0. The molecule has 2 fully saturated rings. The van der Waals surface area contributed by atoms with Gasteiger partial charge in [-0.1, -0.05) is 11.8 Å². The van der Waals surface area contributed by atoms with Gasteiger partial charge in [-0.05, 0) is 25.7 Å². The second-order valence-electron chi connectivity index (χ2n) is 5.50. The first kappa shape index (κ1) is 13.9. The Labute approximate surface area is 124 Å². The molecule has 0 radical (unpaired) electrons. The molecule has 2 saturated heterocycles. The smallest absolute Gasteiger partial charge is 0.157 e. The van der Waals surface area contributed by atoms with E-state index in [2.05, 4.69) is 14.9 Å². The summed E-state index contributed by atoms with van der Waals surface area (Å²) in [5.41, 5.74) is 0.262. The van der Waals surface area contributed by atoms with E-state index in [1.807, 2.05) is 30.5 Å². The number of aromatic nitrogens is 2. The molecule has 0 unspecified atom stereocenters. The van der Waals surface area contributed by atoms with Crippen molar-refractivity contribution >= 4 is 16.9 Å². The number of imidazole rings is 1. The zero-order chi connectivity index (χ0) is 13.7. The molecule has 3 heterocycles. The minimum absolute atomic E-state index is 0.262. The van der Waals surface area contributed by atoms with Crippen LogP contribution in [-0.2, 0) is 11.3 Å². The molecule has 2 aliphatic rings. The van der Waals surface area contributed by atoms with Crippen LogP contribution in [0.4, 0.5) is 0 Å². The molecule has 5 nitrogen and oxygen atoms in total. The van der Waals surface area contributed by atoms with Gasteiger partial charge < -0.3 is 14.6 Å². The Hall–Kier alpha value is -1.01. The van der Waals surface area contributed by atoms with E-state index >= 15 is 0 Å². The third-order valence-electron chi connectivity index (χ3n) is 3.95. The number of ether oxygens (including phenoxy) is 1. The number of aliphatic imine (C=N–C) groups is 1. The maximum atomic E-state index is 5.44. The van der Waals surface area contributed by atoms with E-state index in [-0.39, 0.29) is 5.54 Å². The van der Waals surface area contributed by atoms with Crippen molar-refractivity contribution in [3.63, 3.8) is 0 Å². The van der Waals surface area contributed by atoms with Crippen LogP contribution in [0.2, 0.25) is 0 Å². The average Bonchev–Trinajstić information content (AvgIpc) is 3.10. The highest BCUT2D eigenvalue weighted by atomic mass is 32.2. The summed E-state index contributed by atoms with van der Waals surface area (Å²) in [4.78, 5) is 8.74. The van der Waals surface area contributed by atoms with E-state index in [0.717, 1.165) is 62.9 Å². The summed E-state index contributed by atoms with van der Waals surface area (Å²) in [6.07, 6.45) is 10.2. The van der Waals surface area contributed by atoms with Crippen LogP contribution >= 0.6 is 11.8 Å². The van der Waals surface area contributed by atoms with Gasteiger partial charge in [0.15, 0.2) is 5.17 Å². The quantitative estimate of drug-likeness (QED) is 0.843. The average molecular weight is 294 g/mol. The lowest BCUT2D eigenvalue weighted by molar-refractivity contribution is 0.0555. The predicted octanol–water partition coefficient (Wildman–Crippen LogP) is 1.90.